The molecule has 1 aliphatic heterocycles. The molecule has 0 unspecified atom stereocenters. The third-order valence-electron chi connectivity index (χ3n) is 4.82. The highest BCUT2D eigenvalue weighted by atomic mass is 32.1. The first-order valence-corrected chi connectivity index (χ1v) is 9.47. The lowest BCUT2D eigenvalue weighted by Crippen LogP contribution is -2.52. The second kappa shape index (κ2) is 7.45. The van der Waals surface area contributed by atoms with Gasteiger partial charge in [-0.25, -0.2) is 4.79 Å². The minimum absolute atomic E-state index is 0.0706. The number of ether oxygens (including phenoxy) is 1. The quantitative estimate of drug-likeness (QED) is 0.594. The SMILES string of the molecule is CC1CCC2(CC1)NC(=O)N(NC(=O)COC(=O)Cc1ccsc1)C2=O. The van der Waals surface area contributed by atoms with E-state index in [1.165, 1.54) is 11.3 Å². The molecule has 1 aromatic rings. The predicted octanol–water partition coefficient (Wildman–Crippen LogP) is 1.37. The van der Waals surface area contributed by atoms with Crippen LogP contribution in [0.2, 0.25) is 0 Å². The summed E-state index contributed by atoms with van der Waals surface area (Å²) in [5.74, 6) is -1.22. The molecule has 0 atom stereocenters. The summed E-state index contributed by atoms with van der Waals surface area (Å²) >= 11 is 1.46. The summed E-state index contributed by atoms with van der Waals surface area (Å²) in [6.07, 6.45) is 2.87. The number of hydrazine groups is 1. The molecule has 1 spiro atoms. The number of carbonyl (C=O) groups is 4. The van der Waals surface area contributed by atoms with Gasteiger partial charge in [-0.3, -0.25) is 19.8 Å². The van der Waals surface area contributed by atoms with Crippen LogP contribution in [0.1, 0.15) is 38.2 Å². The van der Waals surface area contributed by atoms with Crippen molar-refractivity contribution in [3.05, 3.63) is 22.4 Å². The van der Waals surface area contributed by atoms with Crippen LogP contribution in [0.5, 0.6) is 0 Å². The Labute approximate surface area is 154 Å². The number of esters is 1. The van der Waals surface area contributed by atoms with Crippen LogP contribution in [0.3, 0.4) is 0 Å². The smallest absolute Gasteiger partial charge is 0.344 e. The largest absolute Gasteiger partial charge is 0.455 e. The molecule has 8 nitrogen and oxygen atoms in total. The van der Waals surface area contributed by atoms with Crippen molar-refractivity contribution in [3.8, 4) is 0 Å². The molecular formula is C17H21N3O5S. The van der Waals surface area contributed by atoms with E-state index in [2.05, 4.69) is 17.7 Å². The minimum Gasteiger partial charge on any atom is -0.455 e. The molecule has 2 N–H and O–H groups in total. The standard InChI is InChI=1S/C17H21N3O5S/c1-11-2-5-17(6-3-11)15(23)20(16(24)18-17)19-13(21)9-25-14(22)8-12-4-7-26-10-12/h4,7,10-11H,2-3,5-6,8-9H2,1H3,(H,18,24)(H,19,21). The van der Waals surface area contributed by atoms with E-state index in [9.17, 15) is 19.2 Å². The van der Waals surface area contributed by atoms with E-state index < -0.39 is 36.0 Å². The first-order valence-electron chi connectivity index (χ1n) is 8.52. The highest BCUT2D eigenvalue weighted by Gasteiger charge is 2.52. The van der Waals surface area contributed by atoms with Gasteiger partial charge in [0.25, 0.3) is 11.8 Å². The van der Waals surface area contributed by atoms with Gasteiger partial charge >= 0.3 is 12.0 Å². The highest BCUT2D eigenvalue weighted by Crippen LogP contribution is 2.35. The summed E-state index contributed by atoms with van der Waals surface area (Å²) in [7, 11) is 0. The summed E-state index contributed by atoms with van der Waals surface area (Å²) < 4.78 is 4.89. The second-order valence-corrected chi connectivity index (χ2v) is 7.62. The fourth-order valence-corrected chi connectivity index (χ4v) is 3.90. The Balaban J connectivity index is 1.50. The van der Waals surface area contributed by atoms with E-state index in [1.807, 2.05) is 10.8 Å². The maximum absolute atomic E-state index is 12.6. The van der Waals surface area contributed by atoms with Gasteiger partial charge in [-0.1, -0.05) is 6.92 Å². The zero-order valence-electron chi connectivity index (χ0n) is 14.4. The number of amides is 4. The molecule has 1 saturated heterocycles. The van der Waals surface area contributed by atoms with Gasteiger partial charge in [0.05, 0.1) is 6.42 Å². The van der Waals surface area contributed by atoms with E-state index in [0.717, 1.165) is 18.4 Å². The average molecular weight is 379 g/mol. The first kappa shape index (κ1) is 18.4. The van der Waals surface area contributed by atoms with Gasteiger partial charge in [-0.05, 0) is 54.0 Å². The lowest BCUT2D eigenvalue weighted by atomic mass is 9.77. The Morgan fingerprint density at radius 1 is 1.38 bits per heavy atom. The summed E-state index contributed by atoms with van der Waals surface area (Å²) in [5.41, 5.74) is 2.12. The number of urea groups is 1. The van der Waals surface area contributed by atoms with Gasteiger partial charge in [0, 0.05) is 0 Å². The predicted molar refractivity (Wildman–Crippen MR) is 92.9 cm³/mol. The normalized spacial score (nSPS) is 25.3. The fraction of sp³-hybridized carbons (Fsp3) is 0.529. The molecule has 1 aliphatic carbocycles. The van der Waals surface area contributed by atoms with Crippen molar-refractivity contribution in [2.24, 2.45) is 5.92 Å². The zero-order chi connectivity index (χ0) is 18.7. The van der Waals surface area contributed by atoms with E-state index in [1.54, 1.807) is 6.07 Å². The Morgan fingerprint density at radius 3 is 2.77 bits per heavy atom. The lowest BCUT2D eigenvalue weighted by Gasteiger charge is -2.33. The number of nitrogens with zero attached hydrogens (tertiary/aromatic N) is 1. The van der Waals surface area contributed by atoms with Crippen LogP contribution in [0.25, 0.3) is 0 Å². The maximum Gasteiger partial charge on any atom is 0.344 e. The van der Waals surface area contributed by atoms with Crippen LogP contribution in [0, 0.1) is 5.92 Å². The Bertz CT molecular complexity index is 710. The van der Waals surface area contributed by atoms with Gasteiger partial charge in [0.1, 0.15) is 5.54 Å². The van der Waals surface area contributed by atoms with Crippen LogP contribution in [0.4, 0.5) is 4.79 Å². The molecule has 3 rings (SSSR count). The van der Waals surface area contributed by atoms with Crippen molar-refractivity contribution in [1.82, 2.24) is 15.8 Å². The zero-order valence-corrected chi connectivity index (χ0v) is 15.3. The molecular weight excluding hydrogens is 358 g/mol. The van der Waals surface area contributed by atoms with Crippen molar-refractivity contribution in [3.63, 3.8) is 0 Å². The van der Waals surface area contributed by atoms with Gasteiger partial charge in [-0.2, -0.15) is 16.3 Å². The number of hydrogen-bond donors (Lipinski definition) is 2. The van der Waals surface area contributed by atoms with Crippen molar-refractivity contribution in [2.45, 2.75) is 44.6 Å². The van der Waals surface area contributed by atoms with Gasteiger partial charge in [-0.15, -0.1) is 0 Å². The number of imide groups is 1. The van der Waals surface area contributed by atoms with Crippen molar-refractivity contribution in [2.75, 3.05) is 6.61 Å². The molecule has 0 radical (unpaired) electrons. The molecule has 1 saturated carbocycles. The number of carbonyl (C=O) groups excluding carboxylic acids is 4. The van der Waals surface area contributed by atoms with Crippen molar-refractivity contribution < 1.29 is 23.9 Å². The molecule has 9 heteroatoms. The summed E-state index contributed by atoms with van der Waals surface area (Å²) in [6.45, 7) is 1.56. The van der Waals surface area contributed by atoms with E-state index in [0.29, 0.717) is 23.8 Å². The maximum atomic E-state index is 12.6. The summed E-state index contributed by atoms with van der Waals surface area (Å²) in [4.78, 5) is 48.4. The van der Waals surface area contributed by atoms with Crippen LogP contribution in [0.15, 0.2) is 16.8 Å². The van der Waals surface area contributed by atoms with Crippen LogP contribution in [-0.2, 0) is 25.5 Å². The van der Waals surface area contributed by atoms with Gasteiger partial charge < -0.3 is 10.1 Å². The van der Waals surface area contributed by atoms with E-state index >= 15 is 0 Å². The lowest BCUT2D eigenvalue weighted by molar-refractivity contribution is -0.150. The second-order valence-electron chi connectivity index (χ2n) is 6.84. The summed E-state index contributed by atoms with van der Waals surface area (Å²) in [5, 5.41) is 7.07. The first-order chi connectivity index (χ1) is 12.4. The van der Waals surface area contributed by atoms with Gasteiger partial charge in [0.15, 0.2) is 6.61 Å². The topological polar surface area (TPSA) is 105 Å². The Hall–Kier alpha value is -2.42. The molecule has 1 aromatic heterocycles. The summed E-state index contributed by atoms with van der Waals surface area (Å²) in [6, 6.07) is 1.14. The van der Waals surface area contributed by atoms with Crippen LogP contribution >= 0.6 is 11.3 Å². The number of nitrogens with one attached hydrogen (secondary N) is 2. The molecule has 2 aliphatic rings. The van der Waals surface area contributed by atoms with E-state index in [4.69, 9.17) is 4.74 Å². The average Bonchev–Trinajstić information content (AvgIpc) is 3.19. The minimum atomic E-state index is -0.924. The number of rotatable bonds is 5. The molecule has 140 valence electrons. The van der Waals surface area contributed by atoms with Crippen molar-refractivity contribution >= 4 is 35.2 Å². The third kappa shape index (κ3) is 3.87. The highest BCUT2D eigenvalue weighted by molar-refractivity contribution is 7.08. The third-order valence-corrected chi connectivity index (χ3v) is 5.55. The Morgan fingerprint density at radius 2 is 2.12 bits per heavy atom. The number of thiophene rings is 1. The monoisotopic (exact) mass is 379 g/mol. The van der Waals surface area contributed by atoms with Gasteiger partial charge in [0.2, 0.25) is 0 Å². The molecule has 26 heavy (non-hydrogen) atoms. The molecule has 0 bridgehead atoms. The molecule has 2 heterocycles. The molecule has 2 fully saturated rings. The molecule has 4 amide bonds. The fourth-order valence-electron chi connectivity index (χ4n) is 3.23. The van der Waals surface area contributed by atoms with Crippen LogP contribution < -0.4 is 10.7 Å². The van der Waals surface area contributed by atoms with Crippen LogP contribution in [-0.4, -0.2) is 41.0 Å². The van der Waals surface area contributed by atoms with Crippen molar-refractivity contribution in [1.29, 1.82) is 0 Å². The number of hydrogen-bond acceptors (Lipinski definition) is 6. The Kier molecular flexibility index (Phi) is 5.26. The molecule has 0 aromatic carbocycles. The van der Waals surface area contributed by atoms with E-state index in [-0.39, 0.29) is 6.42 Å².